The molecule has 1 saturated heterocycles. The zero-order valence-corrected chi connectivity index (χ0v) is 23.5. The van der Waals surface area contributed by atoms with Crippen LogP contribution in [0.25, 0.3) is 22.4 Å². The molecule has 1 fully saturated rings. The Hall–Kier alpha value is -4.00. The molecule has 1 amide bonds. The maximum Gasteiger partial charge on any atom is 0.261 e. The predicted molar refractivity (Wildman–Crippen MR) is 154 cm³/mol. The van der Waals surface area contributed by atoms with E-state index in [1.54, 1.807) is 12.1 Å². The van der Waals surface area contributed by atoms with Crippen molar-refractivity contribution in [3.05, 3.63) is 74.7 Å². The van der Waals surface area contributed by atoms with Crippen LogP contribution in [-0.4, -0.2) is 81.2 Å². The Morgan fingerprint density at radius 1 is 1.21 bits per heavy atom. The normalized spacial score (nSPS) is 16.7. The third-order valence-electron chi connectivity index (χ3n) is 7.82. The lowest BCUT2D eigenvalue weighted by atomic mass is 10.0. The first kappa shape index (κ1) is 28.1. The minimum absolute atomic E-state index is 0.000315. The number of aliphatic hydroxyl groups is 1. The van der Waals surface area contributed by atoms with Crippen LogP contribution in [0.15, 0.2) is 41.3 Å². The van der Waals surface area contributed by atoms with Gasteiger partial charge >= 0.3 is 0 Å². The Morgan fingerprint density at radius 2 is 2.00 bits per heavy atom. The number of rotatable bonds is 8. The molecule has 13 heteroatoms. The number of hydrogen-bond acceptors (Lipinski definition) is 7. The summed E-state index contributed by atoms with van der Waals surface area (Å²) in [6, 6.07) is 7.53. The van der Waals surface area contributed by atoms with Crippen molar-refractivity contribution >= 4 is 34.2 Å². The standard InChI is InChI=1S/C29H29ClF2N6O4/c1-37-8-5-16(6-9-37)38-13-15-10-22-23(11-18(15)29(38)41)36-27(35-22)24-21(4-7-33-28(24)40)34-12-17(39)14-42-26-20(31)3-2-19(30)25(26)32/h2-4,7,10-11,16-17,39H,5-6,8-9,12-14H2,1H3,(H,35,36)(H2,33,34,40)/t17-/m1/s1. The molecule has 0 bridgehead atoms. The molecule has 0 aliphatic carbocycles. The van der Waals surface area contributed by atoms with E-state index in [1.165, 1.54) is 6.20 Å². The third kappa shape index (κ3) is 5.33. The molecule has 1 atom stereocenters. The Morgan fingerprint density at radius 3 is 2.79 bits per heavy atom. The molecular weight excluding hydrogens is 570 g/mol. The van der Waals surface area contributed by atoms with Crippen LogP contribution in [0, 0.1) is 11.6 Å². The summed E-state index contributed by atoms with van der Waals surface area (Å²) in [5.41, 5.74) is 2.92. The van der Waals surface area contributed by atoms with Crippen molar-refractivity contribution in [2.75, 3.05) is 38.6 Å². The van der Waals surface area contributed by atoms with E-state index >= 15 is 0 Å². The van der Waals surface area contributed by atoms with Gasteiger partial charge in [0.05, 0.1) is 21.7 Å². The number of H-pyrrole nitrogens is 2. The number of nitrogens with one attached hydrogen (secondary N) is 3. The number of likely N-dealkylation sites (tertiary alicyclic amines) is 1. The molecule has 0 spiro atoms. The molecule has 2 aromatic heterocycles. The second-order valence-electron chi connectivity index (χ2n) is 10.7. The number of amides is 1. The molecule has 10 nitrogen and oxygen atoms in total. The number of anilines is 1. The summed E-state index contributed by atoms with van der Waals surface area (Å²) in [5, 5.41) is 13.1. The Bertz CT molecular complexity index is 1720. The van der Waals surface area contributed by atoms with Gasteiger partial charge in [-0.25, -0.2) is 13.8 Å². The number of aliphatic hydroxyl groups excluding tert-OH is 1. The molecule has 4 N–H and O–H groups in total. The van der Waals surface area contributed by atoms with Gasteiger partial charge in [-0.2, -0.15) is 0 Å². The summed E-state index contributed by atoms with van der Waals surface area (Å²) < 4.78 is 33.1. The van der Waals surface area contributed by atoms with Gasteiger partial charge in [0.15, 0.2) is 17.4 Å². The zero-order chi connectivity index (χ0) is 29.5. The third-order valence-corrected chi connectivity index (χ3v) is 8.11. The van der Waals surface area contributed by atoms with Gasteiger partial charge in [0.1, 0.15) is 24.1 Å². The summed E-state index contributed by atoms with van der Waals surface area (Å²) in [6.45, 7) is 1.92. The van der Waals surface area contributed by atoms with E-state index in [1.807, 2.05) is 11.0 Å². The number of carbonyl (C=O) groups excluding carboxylic acids is 1. The number of piperidine rings is 1. The van der Waals surface area contributed by atoms with Gasteiger partial charge in [-0.05, 0) is 68.9 Å². The highest BCUT2D eigenvalue weighted by Gasteiger charge is 2.34. The molecule has 0 unspecified atom stereocenters. The first-order chi connectivity index (χ1) is 20.2. The molecule has 42 heavy (non-hydrogen) atoms. The van der Waals surface area contributed by atoms with Crippen LogP contribution in [0.4, 0.5) is 14.5 Å². The highest BCUT2D eigenvalue weighted by molar-refractivity contribution is 6.30. The molecule has 0 radical (unpaired) electrons. The van der Waals surface area contributed by atoms with Crippen molar-refractivity contribution < 1.29 is 23.4 Å². The fraction of sp³-hybridized carbons (Fsp3) is 0.345. The largest absolute Gasteiger partial charge is 0.485 e. The van der Waals surface area contributed by atoms with Gasteiger partial charge in [-0.1, -0.05) is 11.6 Å². The number of imidazole rings is 1. The molecule has 2 aliphatic rings. The maximum atomic E-state index is 14.1. The van der Waals surface area contributed by atoms with Crippen LogP contribution in [0.5, 0.6) is 5.75 Å². The van der Waals surface area contributed by atoms with Gasteiger partial charge in [0.2, 0.25) is 0 Å². The number of aromatic amines is 2. The number of carbonyl (C=O) groups is 1. The van der Waals surface area contributed by atoms with Crippen LogP contribution < -0.4 is 15.6 Å². The van der Waals surface area contributed by atoms with Gasteiger partial charge in [-0.3, -0.25) is 9.59 Å². The second-order valence-corrected chi connectivity index (χ2v) is 11.1. The zero-order valence-electron chi connectivity index (χ0n) is 22.7. The van der Waals surface area contributed by atoms with Crippen LogP contribution in [-0.2, 0) is 6.54 Å². The van der Waals surface area contributed by atoms with Crippen molar-refractivity contribution in [3.63, 3.8) is 0 Å². The second kappa shape index (κ2) is 11.3. The smallest absolute Gasteiger partial charge is 0.261 e. The number of hydrogen-bond donors (Lipinski definition) is 4. The van der Waals surface area contributed by atoms with Crippen molar-refractivity contribution in [1.29, 1.82) is 0 Å². The Kier molecular flexibility index (Phi) is 7.60. The van der Waals surface area contributed by atoms with Crippen molar-refractivity contribution in [2.24, 2.45) is 0 Å². The average molecular weight is 599 g/mol. The number of pyridine rings is 1. The highest BCUT2D eigenvalue weighted by Crippen LogP contribution is 2.33. The lowest BCUT2D eigenvalue weighted by Gasteiger charge is -2.34. The lowest BCUT2D eigenvalue weighted by Crippen LogP contribution is -2.43. The average Bonchev–Trinajstić information content (AvgIpc) is 3.53. The van der Waals surface area contributed by atoms with Gasteiger partial charge in [-0.15, -0.1) is 0 Å². The quantitative estimate of drug-likeness (QED) is 0.228. The number of nitrogens with zero attached hydrogens (tertiary/aromatic N) is 3. The number of ether oxygens (including phenoxy) is 1. The maximum absolute atomic E-state index is 14.1. The first-order valence-electron chi connectivity index (χ1n) is 13.6. The van der Waals surface area contributed by atoms with Crippen LogP contribution in [0.2, 0.25) is 5.02 Å². The van der Waals surface area contributed by atoms with E-state index in [9.17, 15) is 23.5 Å². The SMILES string of the molecule is CN1CCC(N2Cc3cc4[nH]c(-c5c(NC[C@@H](O)COc6c(F)ccc(Cl)c6F)cc[nH]c5=O)nc4cc3C2=O)CC1. The van der Waals surface area contributed by atoms with E-state index in [4.69, 9.17) is 16.3 Å². The lowest BCUT2D eigenvalue weighted by molar-refractivity contribution is 0.0617. The topological polar surface area (TPSA) is 127 Å². The minimum Gasteiger partial charge on any atom is -0.485 e. The van der Waals surface area contributed by atoms with Crippen LogP contribution in [0.1, 0.15) is 28.8 Å². The highest BCUT2D eigenvalue weighted by atomic mass is 35.5. The van der Waals surface area contributed by atoms with E-state index in [0.717, 1.165) is 43.6 Å². The Balaban J connectivity index is 1.18. The monoisotopic (exact) mass is 598 g/mol. The summed E-state index contributed by atoms with van der Waals surface area (Å²) in [6.07, 6.45) is 2.14. The summed E-state index contributed by atoms with van der Waals surface area (Å²) >= 11 is 5.68. The fourth-order valence-corrected chi connectivity index (χ4v) is 5.68. The molecule has 6 rings (SSSR count). The van der Waals surface area contributed by atoms with Crippen molar-refractivity contribution in [3.8, 4) is 17.1 Å². The summed E-state index contributed by atoms with van der Waals surface area (Å²) in [7, 11) is 2.09. The van der Waals surface area contributed by atoms with Crippen LogP contribution >= 0.6 is 11.6 Å². The van der Waals surface area contributed by atoms with Crippen molar-refractivity contribution in [2.45, 2.75) is 31.5 Å². The van der Waals surface area contributed by atoms with Crippen LogP contribution in [0.3, 0.4) is 0 Å². The van der Waals surface area contributed by atoms with E-state index < -0.39 is 35.7 Å². The summed E-state index contributed by atoms with van der Waals surface area (Å²) in [4.78, 5) is 40.8. The molecule has 220 valence electrons. The van der Waals surface area contributed by atoms with Gasteiger partial charge < -0.3 is 34.9 Å². The van der Waals surface area contributed by atoms with Crippen molar-refractivity contribution in [1.82, 2.24) is 24.8 Å². The minimum atomic E-state index is -1.19. The van der Waals surface area contributed by atoms with E-state index in [-0.39, 0.29) is 34.9 Å². The molecule has 4 aromatic rings. The van der Waals surface area contributed by atoms with E-state index in [0.29, 0.717) is 28.8 Å². The Labute approximate surface area is 244 Å². The number of halogens is 3. The number of aromatic nitrogens is 3. The predicted octanol–water partition coefficient (Wildman–Crippen LogP) is 3.75. The molecule has 4 heterocycles. The fourth-order valence-electron chi connectivity index (χ4n) is 5.53. The molecular formula is C29H29ClF2N6O4. The summed E-state index contributed by atoms with van der Waals surface area (Å²) in [5.74, 6) is -2.39. The molecule has 2 aliphatic heterocycles. The van der Waals surface area contributed by atoms with Gasteiger partial charge in [0.25, 0.3) is 11.5 Å². The van der Waals surface area contributed by atoms with Gasteiger partial charge in [0, 0.05) is 30.9 Å². The number of benzene rings is 2. The molecule has 2 aromatic carbocycles. The van der Waals surface area contributed by atoms with E-state index in [2.05, 4.69) is 32.2 Å². The number of fused-ring (bicyclic) bond motifs is 2. The molecule has 0 saturated carbocycles. The first-order valence-corrected chi connectivity index (χ1v) is 14.0.